The van der Waals surface area contributed by atoms with Crippen LogP contribution in [0.15, 0.2) is 29.3 Å². The molecular formula is C44H75N13O13. The number of aliphatic imine (C=N–C) groups is 1. The molecule has 26 heteroatoms. The van der Waals surface area contributed by atoms with E-state index in [0.717, 1.165) is 0 Å². The van der Waals surface area contributed by atoms with Gasteiger partial charge >= 0.3 is 11.9 Å². The number of aliphatic hydroxyl groups excluding tert-OH is 1. The van der Waals surface area contributed by atoms with Gasteiger partial charge in [-0.05, 0) is 108 Å². The number of nitrogens with two attached hydrogens (primary N) is 5. The summed E-state index contributed by atoms with van der Waals surface area (Å²) in [5.41, 5.74) is 28.5. The topological polar surface area (TPSA) is 461 Å². The zero-order valence-corrected chi connectivity index (χ0v) is 40.1. The number of rotatable bonds is 35. The van der Waals surface area contributed by atoms with Crippen molar-refractivity contribution in [3.8, 4) is 5.75 Å². The lowest BCUT2D eigenvalue weighted by Gasteiger charge is -2.28. The number of benzene rings is 1. The van der Waals surface area contributed by atoms with Gasteiger partial charge in [-0.15, -0.1) is 0 Å². The maximum atomic E-state index is 14.2. The quantitative estimate of drug-likeness (QED) is 0.0175. The molecular weight excluding hydrogens is 919 g/mol. The maximum Gasteiger partial charge on any atom is 0.326 e. The van der Waals surface area contributed by atoms with Crippen molar-refractivity contribution in [3.63, 3.8) is 0 Å². The number of carboxylic acid groups (broad SMARTS) is 2. The number of carboxylic acids is 2. The number of phenols is 1. The number of carbonyl (C=O) groups is 9. The largest absolute Gasteiger partial charge is 0.508 e. The monoisotopic (exact) mass is 994 g/mol. The normalized spacial score (nSPS) is 14.5. The Bertz CT molecular complexity index is 1900. The van der Waals surface area contributed by atoms with E-state index in [1.165, 1.54) is 31.2 Å². The number of hydrogen-bond donors (Lipinski definition) is 16. The van der Waals surface area contributed by atoms with Crippen molar-refractivity contribution in [2.75, 3.05) is 26.2 Å². The highest BCUT2D eigenvalue weighted by Gasteiger charge is 2.34. The second-order valence-electron chi connectivity index (χ2n) is 17.2. The molecule has 0 spiro atoms. The molecule has 1 aromatic rings. The van der Waals surface area contributed by atoms with E-state index >= 15 is 0 Å². The van der Waals surface area contributed by atoms with Crippen molar-refractivity contribution < 1.29 is 63.6 Å². The number of hydrogen-bond acceptors (Lipinski definition) is 15. The first-order chi connectivity index (χ1) is 33.0. The Hall–Kier alpha value is -6.64. The molecule has 70 heavy (non-hydrogen) atoms. The predicted molar refractivity (Wildman–Crippen MR) is 256 cm³/mol. The summed E-state index contributed by atoms with van der Waals surface area (Å²) in [7, 11) is 0. The summed E-state index contributed by atoms with van der Waals surface area (Å²) < 4.78 is 0. The molecule has 0 saturated carbocycles. The summed E-state index contributed by atoms with van der Waals surface area (Å²) in [5, 5.41) is 55.9. The van der Waals surface area contributed by atoms with Crippen LogP contribution in [0.25, 0.3) is 0 Å². The minimum Gasteiger partial charge on any atom is -0.508 e. The Kier molecular flexibility index (Phi) is 28.9. The number of nitrogens with zero attached hydrogens (tertiary/aromatic N) is 1. The lowest BCUT2D eigenvalue weighted by atomic mass is 10.0. The van der Waals surface area contributed by atoms with Gasteiger partial charge in [0, 0.05) is 19.4 Å². The zero-order chi connectivity index (χ0) is 52.9. The SMILES string of the molecule is CC(C)CC(NC(=O)C(CO)NC(=O)C(N)CCCN=C(N)N)C(=O)NC(CCCCN)C(=O)NC(CCCCN)C(=O)NC(Cc1ccc(O)cc1)C(=O)NC(C)C(=O)NC(CCC(=O)O)C(=O)O. The smallest absolute Gasteiger partial charge is 0.326 e. The summed E-state index contributed by atoms with van der Waals surface area (Å²) in [6.07, 6.45) is 0.965. The van der Waals surface area contributed by atoms with Crippen LogP contribution in [0, 0.1) is 5.92 Å². The summed E-state index contributed by atoms with van der Waals surface area (Å²) in [6, 6.07) is -5.21. The number of aromatic hydroxyl groups is 1. The van der Waals surface area contributed by atoms with Crippen molar-refractivity contribution in [2.45, 2.75) is 146 Å². The zero-order valence-electron chi connectivity index (χ0n) is 40.1. The molecule has 0 aliphatic heterocycles. The van der Waals surface area contributed by atoms with E-state index in [1.54, 1.807) is 13.8 Å². The summed E-state index contributed by atoms with van der Waals surface area (Å²) in [4.78, 5) is 122. The minimum atomic E-state index is -1.58. The molecule has 1 rings (SSSR count). The number of amides is 7. The van der Waals surface area contributed by atoms with Crippen molar-refractivity contribution in [3.05, 3.63) is 29.8 Å². The van der Waals surface area contributed by atoms with Gasteiger partial charge in [-0.3, -0.25) is 43.3 Å². The standard InChI is InChI=1S/C44H75N13O13/c1-24(2)21-32(55-42(68)34(23-58)57-37(63)28(47)9-8-20-50-44(48)49)41(67)53-29(10-4-6-18-45)38(64)52-30(11-5-7-19-46)39(65)56-33(22-26-12-14-27(59)15-13-26)40(66)51-25(3)36(62)54-31(43(69)70)16-17-35(60)61/h12-15,24-25,28-34,58-59H,4-11,16-23,45-47H2,1-3H3,(H,51,66)(H,52,64)(H,53,67)(H,54,62)(H,55,68)(H,56,65)(H,57,63)(H,60,61)(H,69,70)(H4,48,49,50). The van der Waals surface area contributed by atoms with Gasteiger partial charge < -0.3 is 86.3 Å². The third-order valence-corrected chi connectivity index (χ3v) is 10.6. The van der Waals surface area contributed by atoms with Gasteiger partial charge in [0.1, 0.15) is 48.0 Å². The highest BCUT2D eigenvalue weighted by atomic mass is 16.4. The van der Waals surface area contributed by atoms with Crippen LogP contribution in [0.1, 0.15) is 97.0 Å². The Morgan fingerprint density at radius 1 is 0.571 bits per heavy atom. The molecule has 0 saturated heterocycles. The van der Waals surface area contributed by atoms with Gasteiger partial charge in [0.2, 0.25) is 41.4 Å². The number of aliphatic hydroxyl groups is 1. The Labute approximate surface area is 406 Å². The summed E-state index contributed by atoms with van der Waals surface area (Å²) >= 11 is 0. The fourth-order valence-electron chi connectivity index (χ4n) is 6.72. The van der Waals surface area contributed by atoms with E-state index in [0.29, 0.717) is 37.7 Å². The molecule has 0 aromatic heterocycles. The van der Waals surface area contributed by atoms with Crippen LogP contribution < -0.4 is 65.9 Å². The van der Waals surface area contributed by atoms with E-state index in [-0.39, 0.29) is 69.4 Å². The molecule has 0 fully saturated rings. The van der Waals surface area contributed by atoms with Crippen molar-refractivity contribution in [1.29, 1.82) is 0 Å². The maximum absolute atomic E-state index is 14.2. The van der Waals surface area contributed by atoms with Crippen molar-refractivity contribution >= 4 is 59.2 Å². The number of aliphatic carboxylic acids is 2. The second kappa shape index (κ2) is 33.0. The molecule has 0 heterocycles. The van der Waals surface area contributed by atoms with Gasteiger partial charge in [0.25, 0.3) is 0 Å². The Morgan fingerprint density at radius 2 is 1.04 bits per heavy atom. The molecule has 1 aromatic carbocycles. The highest BCUT2D eigenvalue weighted by molar-refractivity contribution is 5.97. The number of guanidine groups is 1. The first-order valence-corrected chi connectivity index (χ1v) is 23.2. The average Bonchev–Trinajstić information content (AvgIpc) is 3.29. The summed E-state index contributed by atoms with van der Waals surface area (Å²) in [6.45, 7) is 4.65. The number of unbranched alkanes of at least 4 members (excludes halogenated alkanes) is 2. The van der Waals surface area contributed by atoms with Crippen LogP contribution >= 0.6 is 0 Å². The van der Waals surface area contributed by atoms with Gasteiger partial charge in [0.05, 0.1) is 12.6 Å². The number of phenolic OH excluding ortho intramolecular Hbond substituents is 1. The van der Waals surface area contributed by atoms with E-state index in [9.17, 15) is 58.5 Å². The molecule has 8 atom stereocenters. The van der Waals surface area contributed by atoms with Gasteiger partial charge in [-0.1, -0.05) is 26.0 Å². The van der Waals surface area contributed by atoms with Crippen LogP contribution in [-0.2, 0) is 49.6 Å². The van der Waals surface area contributed by atoms with Gasteiger partial charge in [0.15, 0.2) is 5.96 Å². The van der Waals surface area contributed by atoms with E-state index < -0.39 is 121 Å². The summed E-state index contributed by atoms with van der Waals surface area (Å²) in [5.74, 6) is -9.15. The van der Waals surface area contributed by atoms with Gasteiger partial charge in [-0.2, -0.15) is 0 Å². The average molecular weight is 994 g/mol. The van der Waals surface area contributed by atoms with Crippen LogP contribution in [0.4, 0.5) is 0 Å². The lowest BCUT2D eigenvalue weighted by Crippen LogP contribution is -2.60. The molecule has 0 aliphatic carbocycles. The number of nitrogens with one attached hydrogen (secondary N) is 7. The van der Waals surface area contributed by atoms with Crippen LogP contribution in [0.5, 0.6) is 5.75 Å². The second-order valence-corrected chi connectivity index (χ2v) is 17.2. The minimum absolute atomic E-state index is 0.0116. The van der Waals surface area contributed by atoms with Crippen LogP contribution in [-0.4, -0.2) is 154 Å². The number of carbonyl (C=O) groups excluding carboxylic acids is 7. The first kappa shape index (κ1) is 61.4. The molecule has 8 unspecified atom stereocenters. The van der Waals surface area contributed by atoms with E-state index in [4.69, 9.17) is 33.8 Å². The Balaban J connectivity index is 3.41. The molecule has 26 nitrogen and oxygen atoms in total. The molecule has 394 valence electrons. The lowest BCUT2D eigenvalue weighted by molar-refractivity contribution is -0.143. The molecule has 0 radical (unpaired) electrons. The molecule has 0 bridgehead atoms. The Morgan fingerprint density at radius 3 is 1.53 bits per heavy atom. The van der Waals surface area contributed by atoms with Gasteiger partial charge in [-0.25, -0.2) is 4.79 Å². The molecule has 21 N–H and O–H groups in total. The van der Waals surface area contributed by atoms with E-state index in [1.807, 2.05) is 0 Å². The highest BCUT2D eigenvalue weighted by Crippen LogP contribution is 2.14. The van der Waals surface area contributed by atoms with Crippen LogP contribution in [0.2, 0.25) is 0 Å². The third-order valence-electron chi connectivity index (χ3n) is 10.6. The third kappa shape index (κ3) is 24.6. The predicted octanol–water partition coefficient (Wildman–Crippen LogP) is -4.03. The molecule has 0 aliphatic rings. The fourth-order valence-corrected chi connectivity index (χ4v) is 6.72. The van der Waals surface area contributed by atoms with Crippen molar-refractivity contribution in [1.82, 2.24) is 37.2 Å². The first-order valence-electron chi connectivity index (χ1n) is 23.2. The van der Waals surface area contributed by atoms with E-state index in [2.05, 4.69) is 42.2 Å². The fraction of sp³-hybridized carbons (Fsp3) is 0.636. The van der Waals surface area contributed by atoms with Crippen molar-refractivity contribution in [2.24, 2.45) is 39.6 Å². The molecule has 7 amide bonds. The van der Waals surface area contributed by atoms with Crippen LogP contribution in [0.3, 0.4) is 0 Å².